The molecule has 4 nitrogen and oxygen atoms in total. The molecule has 19 heavy (non-hydrogen) atoms. The Bertz CT molecular complexity index is 465. The predicted molar refractivity (Wildman–Crippen MR) is 71.3 cm³/mol. The van der Waals surface area contributed by atoms with Crippen LogP contribution < -0.4 is 0 Å². The summed E-state index contributed by atoms with van der Waals surface area (Å²) < 4.78 is 4.44. The topological polar surface area (TPSA) is 60.4 Å². The summed E-state index contributed by atoms with van der Waals surface area (Å²) in [5.41, 5.74) is 0.533. The van der Waals surface area contributed by atoms with Crippen molar-refractivity contribution in [2.75, 3.05) is 7.11 Å². The van der Waals surface area contributed by atoms with E-state index in [2.05, 4.69) is 4.74 Å². The second kappa shape index (κ2) is 7.69. The van der Waals surface area contributed by atoms with Crippen LogP contribution in [0.1, 0.15) is 36.0 Å². The van der Waals surface area contributed by atoms with E-state index < -0.39 is 5.97 Å². The van der Waals surface area contributed by atoms with Crippen molar-refractivity contribution in [3.63, 3.8) is 0 Å². The van der Waals surface area contributed by atoms with Gasteiger partial charge in [0, 0.05) is 29.8 Å². The van der Waals surface area contributed by atoms with Gasteiger partial charge in [-0.15, -0.1) is 0 Å². The molecule has 0 fully saturated rings. The molecule has 0 unspecified atom stereocenters. The van der Waals surface area contributed by atoms with Gasteiger partial charge in [0.15, 0.2) is 5.78 Å². The average Bonchev–Trinajstić information content (AvgIpc) is 2.42. The highest BCUT2D eigenvalue weighted by Gasteiger charge is 2.11. The van der Waals surface area contributed by atoms with Gasteiger partial charge >= 0.3 is 5.97 Å². The third-order valence-corrected chi connectivity index (χ3v) is 2.88. The largest absolute Gasteiger partial charge is 0.469 e. The van der Waals surface area contributed by atoms with E-state index in [1.165, 1.54) is 7.11 Å². The normalized spacial score (nSPS) is 10.0. The van der Waals surface area contributed by atoms with Gasteiger partial charge in [0.2, 0.25) is 0 Å². The second-order valence-electron chi connectivity index (χ2n) is 4.04. The first kappa shape index (κ1) is 15.4. The highest BCUT2D eigenvalue weighted by molar-refractivity contribution is 6.30. The Hall–Kier alpha value is -1.68. The van der Waals surface area contributed by atoms with Crippen LogP contribution in [0.3, 0.4) is 0 Å². The van der Waals surface area contributed by atoms with E-state index in [-0.39, 0.29) is 37.2 Å². The lowest BCUT2D eigenvalue weighted by atomic mass is 10.0. The lowest BCUT2D eigenvalue weighted by Crippen LogP contribution is -2.08. The molecule has 1 aromatic carbocycles. The number of hydrogen-bond donors (Lipinski definition) is 0. The van der Waals surface area contributed by atoms with Crippen molar-refractivity contribution in [1.29, 1.82) is 0 Å². The maximum atomic E-state index is 11.8. The summed E-state index contributed by atoms with van der Waals surface area (Å²) in [6.07, 6.45) is 0.450. The first-order chi connectivity index (χ1) is 9.02. The van der Waals surface area contributed by atoms with Gasteiger partial charge in [0.1, 0.15) is 5.78 Å². The zero-order valence-electron chi connectivity index (χ0n) is 10.6. The monoisotopic (exact) mass is 282 g/mol. The molecule has 0 aliphatic rings. The molecule has 1 rings (SSSR count). The zero-order valence-corrected chi connectivity index (χ0v) is 11.4. The number of ether oxygens (including phenoxy) is 1. The predicted octanol–water partition coefficient (Wildman–Crippen LogP) is 2.83. The smallest absolute Gasteiger partial charge is 0.305 e. The van der Waals surface area contributed by atoms with Gasteiger partial charge in [-0.2, -0.15) is 0 Å². The first-order valence-electron chi connectivity index (χ1n) is 5.90. The highest BCUT2D eigenvalue weighted by Crippen LogP contribution is 2.12. The Labute approximate surface area is 116 Å². The van der Waals surface area contributed by atoms with Crippen LogP contribution in [0.5, 0.6) is 0 Å². The number of carbonyl (C=O) groups is 3. The van der Waals surface area contributed by atoms with Crippen molar-refractivity contribution in [3.8, 4) is 0 Å². The fraction of sp³-hybridized carbons (Fsp3) is 0.357. The molecular formula is C14H15ClO4. The maximum absolute atomic E-state index is 11.8. The quantitative estimate of drug-likeness (QED) is 0.570. The Balaban J connectivity index is 2.36. The van der Waals surface area contributed by atoms with E-state index in [4.69, 9.17) is 11.6 Å². The minimum Gasteiger partial charge on any atom is -0.469 e. The average molecular weight is 283 g/mol. The molecular weight excluding hydrogens is 268 g/mol. The van der Waals surface area contributed by atoms with Crippen molar-refractivity contribution in [2.24, 2.45) is 0 Å². The summed E-state index contributed by atoms with van der Waals surface area (Å²) in [7, 11) is 1.27. The fourth-order valence-corrected chi connectivity index (χ4v) is 1.63. The van der Waals surface area contributed by atoms with Crippen molar-refractivity contribution >= 4 is 29.1 Å². The summed E-state index contributed by atoms with van der Waals surface area (Å²) in [5, 5.41) is 0.561. The standard InChI is InChI=1S/C14H15ClO4/c1-19-14(18)9-7-12(16)6-8-13(17)10-2-4-11(15)5-3-10/h2-5H,6-9H2,1H3. The van der Waals surface area contributed by atoms with Gasteiger partial charge in [-0.1, -0.05) is 11.6 Å². The van der Waals surface area contributed by atoms with Gasteiger partial charge in [-0.3, -0.25) is 14.4 Å². The molecule has 5 heteroatoms. The van der Waals surface area contributed by atoms with Crippen molar-refractivity contribution in [1.82, 2.24) is 0 Å². The summed E-state index contributed by atoms with van der Waals surface area (Å²) >= 11 is 5.72. The van der Waals surface area contributed by atoms with Crippen LogP contribution in [0.25, 0.3) is 0 Å². The van der Waals surface area contributed by atoms with Crippen LogP contribution in [-0.2, 0) is 14.3 Å². The van der Waals surface area contributed by atoms with Crippen molar-refractivity contribution < 1.29 is 19.1 Å². The molecule has 0 amide bonds. The van der Waals surface area contributed by atoms with E-state index in [0.29, 0.717) is 10.6 Å². The van der Waals surface area contributed by atoms with E-state index >= 15 is 0 Å². The molecule has 0 radical (unpaired) electrons. The second-order valence-corrected chi connectivity index (χ2v) is 4.48. The number of methoxy groups -OCH3 is 1. The molecule has 1 aromatic rings. The SMILES string of the molecule is COC(=O)CCC(=O)CCC(=O)c1ccc(Cl)cc1. The number of esters is 1. The molecule has 0 spiro atoms. The van der Waals surface area contributed by atoms with Crippen LogP contribution in [0, 0.1) is 0 Å². The molecule has 102 valence electrons. The van der Waals surface area contributed by atoms with Crippen LogP contribution in [0.2, 0.25) is 5.02 Å². The Morgan fingerprint density at radius 1 is 1.00 bits per heavy atom. The van der Waals surface area contributed by atoms with Gasteiger partial charge in [-0.25, -0.2) is 0 Å². The van der Waals surface area contributed by atoms with E-state index in [1.54, 1.807) is 24.3 Å². The van der Waals surface area contributed by atoms with E-state index in [0.717, 1.165) is 0 Å². The lowest BCUT2D eigenvalue weighted by molar-refractivity contribution is -0.141. The van der Waals surface area contributed by atoms with Crippen molar-refractivity contribution in [3.05, 3.63) is 34.9 Å². The first-order valence-corrected chi connectivity index (χ1v) is 6.28. The van der Waals surface area contributed by atoms with Crippen molar-refractivity contribution in [2.45, 2.75) is 25.7 Å². The highest BCUT2D eigenvalue weighted by atomic mass is 35.5. The number of ketones is 2. The van der Waals surface area contributed by atoms with Crippen LogP contribution in [-0.4, -0.2) is 24.6 Å². The maximum Gasteiger partial charge on any atom is 0.305 e. The molecule has 0 aliphatic carbocycles. The lowest BCUT2D eigenvalue weighted by Gasteiger charge is -2.01. The number of hydrogen-bond acceptors (Lipinski definition) is 4. The number of halogens is 1. The van der Waals surface area contributed by atoms with Gasteiger partial charge < -0.3 is 4.74 Å². The summed E-state index contributed by atoms with van der Waals surface area (Å²) in [6.45, 7) is 0. The molecule has 0 heterocycles. The number of carbonyl (C=O) groups excluding carboxylic acids is 3. The minimum atomic E-state index is -0.419. The summed E-state index contributed by atoms with van der Waals surface area (Å²) in [5.74, 6) is -0.645. The molecule has 0 atom stereocenters. The van der Waals surface area contributed by atoms with Gasteiger partial charge in [0.25, 0.3) is 0 Å². The molecule has 0 saturated heterocycles. The third kappa shape index (κ3) is 5.66. The van der Waals surface area contributed by atoms with Gasteiger partial charge in [-0.05, 0) is 24.3 Å². The Kier molecular flexibility index (Phi) is 6.22. The van der Waals surface area contributed by atoms with Crippen LogP contribution >= 0.6 is 11.6 Å². The molecule has 0 saturated carbocycles. The van der Waals surface area contributed by atoms with E-state index in [9.17, 15) is 14.4 Å². The minimum absolute atomic E-state index is 0.0600. The van der Waals surface area contributed by atoms with Crippen LogP contribution in [0.4, 0.5) is 0 Å². The number of benzene rings is 1. The Morgan fingerprint density at radius 3 is 2.16 bits per heavy atom. The number of Topliss-reactive ketones (excluding diaryl/α,β-unsaturated/α-hetero) is 2. The summed E-state index contributed by atoms with van der Waals surface area (Å²) in [6, 6.07) is 6.52. The molecule has 0 N–H and O–H groups in total. The molecule has 0 aromatic heterocycles. The molecule has 0 aliphatic heterocycles. The Morgan fingerprint density at radius 2 is 1.58 bits per heavy atom. The van der Waals surface area contributed by atoms with Gasteiger partial charge in [0.05, 0.1) is 13.5 Å². The molecule has 0 bridgehead atoms. The third-order valence-electron chi connectivity index (χ3n) is 2.63. The number of rotatable bonds is 7. The fourth-order valence-electron chi connectivity index (χ4n) is 1.50. The summed E-state index contributed by atoms with van der Waals surface area (Å²) in [4.78, 5) is 34.1. The zero-order chi connectivity index (χ0) is 14.3. The van der Waals surface area contributed by atoms with Crippen LogP contribution in [0.15, 0.2) is 24.3 Å². The van der Waals surface area contributed by atoms with E-state index in [1.807, 2.05) is 0 Å².